The van der Waals surface area contributed by atoms with Crippen molar-refractivity contribution in [1.29, 1.82) is 0 Å². The summed E-state index contributed by atoms with van der Waals surface area (Å²) < 4.78 is 86.5. The van der Waals surface area contributed by atoms with Crippen molar-refractivity contribution in [3.63, 3.8) is 0 Å². The quantitative estimate of drug-likeness (QED) is 0.300. The molecule has 1 saturated carbocycles. The number of alkyl halides is 6. The molecule has 2 unspecified atom stereocenters. The molecule has 5 rings (SSSR count). The summed E-state index contributed by atoms with van der Waals surface area (Å²) in [6, 6.07) is 5.65. The molecule has 3 aromatic heterocycles. The predicted octanol–water partition coefficient (Wildman–Crippen LogP) is 5.80. The molecule has 0 amide bonds. The second kappa shape index (κ2) is 9.72. The highest BCUT2D eigenvalue weighted by atomic mass is 19.4. The fourth-order valence-electron chi connectivity index (χ4n) is 5.23. The van der Waals surface area contributed by atoms with E-state index in [1.165, 1.54) is 37.5 Å². The summed E-state index contributed by atoms with van der Waals surface area (Å²) in [6.07, 6.45) is -3.32. The molecule has 0 bridgehead atoms. The molecule has 0 saturated heterocycles. The number of rotatable bonds is 6. The third-order valence-corrected chi connectivity index (χ3v) is 7.51. The fraction of sp³-hybridized carbons (Fsp3) is 0.407. The molecule has 1 aromatic carbocycles. The van der Waals surface area contributed by atoms with Crippen LogP contribution in [0.1, 0.15) is 67.6 Å². The highest BCUT2D eigenvalue weighted by Crippen LogP contribution is 2.40. The Labute approximate surface area is 224 Å². The van der Waals surface area contributed by atoms with Gasteiger partial charge in [0, 0.05) is 31.0 Å². The topological polar surface area (TPSA) is 77.1 Å². The number of pyridine rings is 1. The van der Waals surface area contributed by atoms with Crippen LogP contribution in [0.25, 0.3) is 16.8 Å². The molecule has 0 spiro atoms. The first-order valence-corrected chi connectivity index (χ1v) is 12.6. The lowest BCUT2D eigenvalue weighted by atomic mass is 9.78. The van der Waals surface area contributed by atoms with Crippen LogP contribution in [0.3, 0.4) is 0 Å². The molecule has 2 atom stereocenters. The maximum absolute atomic E-state index is 14.1. The lowest BCUT2D eigenvalue weighted by Crippen LogP contribution is -2.49. The van der Waals surface area contributed by atoms with Crippen molar-refractivity contribution in [3.8, 4) is 11.1 Å². The Kier molecular flexibility index (Phi) is 6.76. The lowest BCUT2D eigenvalue weighted by molar-refractivity contribution is -0.143. The zero-order valence-electron chi connectivity index (χ0n) is 21.8. The van der Waals surface area contributed by atoms with Crippen molar-refractivity contribution in [2.24, 2.45) is 7.05 Å². The van der Waals surface area contributed by atoms with E-state index in [4.69, 9.17) is 0 Å². The maximum atomic E-state index is 14.1. The van der Waals surface area contributed by atoms with Gasteiger partial charge in [-0.1, -0.05) is 18.2 Å². The minimum absolute atomic E-state index is 0.0768. The summed E-state index contributed by atoms with van der Waals surface area (Å²) in [5.74, 6) is -2.49. The molecule has 1 N–H and O–H groups in total. The van der Waals surface area contributed by atoms with Gasteiger partial charge in [-0.3, -0.25) is 9.20 Å². The summed E-state index contributed by atoms with van der Waals surface area (Å²) in [5.41, 5.74) is -2.74. The van der Waals surface area contributed by atoms with Gasteiger partial charge < -0.3 is 9.88 Å². The summed E-state index contributed by atoms with van der Waals surface area (Å²) >= 11 is 0. The molecule has 0 aliphatic heterocycles. The largest absolute Gasteiger partial charge is 0.419 e. The summed E-state index contributed by atoms with van der Waals surface area (Å²) in [6.45, 7) is 3.72. The molecule has 0 radical (unpaired) electrons. The number of aryl methyl sites for hydroxylation is 1. The summed E-state index contributed by atoms with van der Waals surface area (Å²) in [4.78, 5) is 17.5. The Morgan fingerprint density at radius 3 is 2.38 bits per heavy atom. The molecule has 4 aromatic rings. The van der Waals surface area contributed by atoms with Gasteiger partial charge in [0.25, 0.3) is 5.56 Å². The summed E-state index contributed by atoms with van der Waals surface area (Å²) in [7, 11) is 1.38. The van der Waals surface area contributed by atoms with Gasteiger partial charge in [-0.05, 0) is 61.9 Å². The Morgan fingerprint density at radius 1 is 1.07 bits per heavy atom. The van der Waals surface area contributed by atoms with Crippen LogP contribution >= 0.6 is 0 Å². The van der Waals surface area contributed by atoms with E-state index in [1.54, 1.807) is 6.92 Å². The first-order chi connectivity index (χ1) is 18.7. The van der Waals surface area contributed by atoms with E-state index in [0.717, 1.165) is 46.8 Å². The van der Waals surface area contributed by atoms with Crippen molar-refractivity contribution in [2.45, 2.75) is 63.0 Å². The Balaban J connectivity index is 1.64. The van der Waals surface area contributed by atoms with Gasteiger partial charge in [0.15, 0.2) is 5.65 Å². The highest BCUT2D eigenvalue weighted by molar-refractivity contribution is 5.65. The first-order valence-electron chi connectivity index (χ1n) is 12.6. The SMILES string of the molecule is CC(NC1(C)CCC1)c1cc(C(F)(F)F)c2ncc(-c3cccc(C(c4nncn4C)C(F)(F)F)c3)c(=O)n2c1. The summed E-state index contributed by atoms with van der Waals surface area (Å²) in [5, 5.41) is 10.5. The van der Waals surface area contributed by atoms with E-state index < -0.39 is 41.1 Å². The third-order valence-electron chi connectivity index (χ3n) is 7.51. The van der Waals surface area contributed by atoms with Crippen LogP contribution in [0.5, 0.6) is 0 Å². The van der Waals surface area contributed by atoms with Gasteiger partial charge in [-0.25, -0.2) is 4.98 Å². The van der Waals surface area contributed by atoms with Crippen LogP contribution in [0.15, 0.2) is 53.8 Å². The van der Waals surface area contributed by atoms with Crippen LogP contribution in [-0.2, 0) is 13.2 Å². The van der Waals surface area contributed by atoms with Crippen LogP contribution in [0, 0.1) is 0 Å². The van der Waals surface area contributed by atoms with E-state index in [0.29, 0.717) is 0 Å². The zero-order chi connectivity index (χ0) is 29.0. The van der Waals surface area contributed by atoms with Crippen molar-refractivity contribution in [2.75, 3.05) is 0 Å². The van der Waals surface area contributed by atoms with Crippen LogP contribution in [0.2, 0.25) is 0 Å². The van der Waals surface area contributed by atoms with Crippen LogP contribution in [0.4, 0.5) is 26.3 Å². The molecule has 1 fully saturated rings. The number of hydrogen-bond donors (Lipinski definition) is 1. The fourth-order valence-corrected chi connectivity index (χ4v) is 5.23. The van der Waals surface area contributed by atoms with Crippen molar-refractivity contribution >= 4 is 5.65 Å². The molecule has 212 valence electrons. The van der Waals surface area contributed by atoms with Crippen molar-refractivity contribution in [3.05, 3.63) is 81.9 Å². The third kappa shape index (κ3) is 5.09. The number of halogens is 6. The Bertz CT molecular complexity index is 1620. The number of benzene rings is 1. The monoisotopic (exact) mass is 564 g/mol. The first kappa shape index (κ1) is 27.8. The van der Waals surface area contributed by atoms with Gasteiger partial charge in [0.2, 0.25) is 0 Å². The smallest absolute Gasteiger partial charge is 0.320 e. The Hall–Kier alpha value is -3.74. The number of nitrogens with zero attached hydrogens (tertiary/aromatic N) is 5. The minimum Gasteiger partial charge on any atom is -0.320 e. The number of fused-ring (bicyclic) bond motifs is 1. The standard InChI is InChI=1S/C27H26F6N6O/c1-15(36-25(2)8-5-9-25)18-11-20(26(28,29)30)22-34-12-19(24(40)39(22)13-18)16-6-4-7-17(10-16)21(27(31,32)33)23-37-35-14-38(23)3/h4,6-7,10-15,21,36H,5,8-9H2,1-3H3. The molecule has 3 heterocycles. The normalized spacial score (nSPS) is 17.0. The predicted molar refractivity (Wildman–Crippen MR) is 135 cm³/mol. The van der Waals surface area contributed by atoms with Crippen LogP contribution < -0.4 is 10.9 Å². The molecule has 13 heteroatoms. The van der Waals surface area contributed by atoms with E-state index in [9.17, 15) is 31.1 Å². The molecule has 40 heavy (non-hydrogen) atoms. The van der Waals surface area contributed by atoms with Gasteiger partial charge in [-0.2, -0.15) is 26.3 Å². The molecular weight excluding hydrogens is 538 g/mol. The molecule has 7 nitrogen and oxygen atoms in total. The maximum Gasteiger partial charge on any atom is 0.419 e. The molecular formula is C27H26F6N6O. The number of hydrogen-bond acceptors (Lipinski definition) is 5. The average molecular weight is 565 g/mol. The van der Waals surface area contributed by atoms with Crippen molar-refractivity contribution in [1.82, 2.24) is 29.5 Å². The van der Waals surface area contributed by atoms with Gasteiger partial charge in [-0.15, -0.1) is 10.2 Å². The number of nitrogens with one attached hydrogen (secondary N) is 1. The highest BCUT2D eigenvalue weighted by Gasteiger charge is 2.45. The van der Waals surface area contributed by atoms with E-state index in [-0.39, 0.29) is 33.6 Å². The molecule has 1 aliphatic rings. The number of aromatic nitrogens is 5. The second-order valence-electron chi connectivity index (χ2n) is 10.5. The van der Waals surface area contributed by atoms with Gasteiger partial charge in [0.1, 0.15) is 18.1 Å². The minimum atomic E-state index is -4.79. The van der Waals surface area contributed by atoms with E-state index in [2.05, 4.69) is 20.5 Å². The zero-order valence-corrected chi connectivity index (χ0v) is 21.8. The van der Waals surface area contributed by atoms with E-state index in [1.807, 2.05) is 6.92 Å². The average Bonchev–Trinajstić information content (AvgIpc) is 3.26. The molecule has 1 aliphatic carbocycles. The van der Waals surface area contributed by atoms with Gasteiger partial charge in [0.05, 0.1) is 11.1 Å². The van der Waals surface area contributed by atoms with Crippen LogP contribution in [-0.4, -0.2) is 35.9 Å². The Morgan fingerprint density at radius 2 is 1.80 bits per heavy atom. The lowest BCUT2D eigenvalue weighted by Gasteiger charge is -2.41. The van der Waals surface area contributed by atoms with Crippen molar-refractivity contribution < 1.29 is 26.3 Å². The van der Waals surface area contributed by atoms with Gasteiger partial charge >= 0.3 is 12.4 Å². The van der Waals surface area contributed by atoms with E-state index >= 15 is 0 Å². The second-order valence-corrected chi connectivity index (χ2v) is 10.5.